The number of carbonyl (C=O) groups is 2. The number of rotatable bonds is 3. The quantitative estimate of drug-likeness (QED) is 0.842. The topological polar surface area (TPSA) is 57.6 Å². The number of aliphatic carboxylic acids is 1. The maximum absolute atomic E-state index is 11.7. The van der Waals surface area contributed by atoms with E-state index in [1.165, 1.54) is 11.1 Å². The molecule has 1 heterocycles. The number of carboxylic acids is 1. The third kappa shape index (κ3) is 3.55. The van der Waals surface area contributed by atoms with Crippen LogP contribution in [0, 0.1) is 0 Å². The average molecular weight is 257 g/mol. The summed E-state index contributed by atoms with van der Waals surface area (Å²) in [7, 11) is 0. The first kappa shape index (κ1) is 13.1. The van der Waals surface area contributed by atoms with Crippen LogP contribution in [0.4, 0.5) is 0 Å². The summed E-state index contributed by atoms with van der Waals surface area (Å²) in [5, 5.41) is 8.48. The summed E-state index contributed by atoms with van der Waals surface area (Å²) in [5.41, 5.74) is 2.41. The Morgan fingerprint density at radius 3 is 2.47 bits per heavy atom. The SMILES string of the molecule is O=C(O)C=CC(=O)N1CC=C(c2ccccc2)CC1. The van der Waals surface area contributed by atoms with Crippen LogP contribution in [0.15, 0.2) is 48.6 Å². The standard InChI is InChI=1S/C15H15NO3/c17-14(6-7-15(18)19)16-10-8-13(9-11-16)12-4-2-1-3-5-12/h1-8H,9-11H2,(H,18,19). The van der Waals surface area contributed by atoms with Crippen molar-refractivity contribution in [2.24, 2.45) is 0 Å². The van der Waals surface area contributed by atoms with E-state index < -0.39 is 5.97 Å². The molecule has 4 heteroatoms. The maximum Gasteiger partial charge on any atom is 0.328 e. The number of hydrogen-bond acceptors (Lipinski definition) is 2. The Bertz CT molecular complexity index is 532. The Labute approximate surface area is 111 Å². The number of carbonyl (C=O) groups excluding carboxylic acids is 1. The molecule has 1 aromatic carbocycles. The van der Waals surface area contributed by atoms with Gasteiger partial charge in [0.1, 0.15) is 0 Å². The van der Waals surface area contributed by atoms with Crippen molar-refractivity contribution in [3.05, 3.63) is 54.1 Å². The molecule has 0 unspecified atom stereocenters. The molecule has 0 saturated heterocycles. The van der Waals surface area contributed by atoms with Crippen LogP contribution in [0.25, 0.3) is 5.57 Å². The zero-order valence-corrected chi connectivity index (χ0v) is 10.5. The van der Waals surface area contributed by atoms with Gasteiger partial charge in [0.25, 0.3) is 0 Å². The number of carboxylic acid groups (broad SMARTS) is 1. The summed E-state index contributed by atoms with van der Waals surface area (Å²) in [5.74, 6) is -1.36. The lowest BCUT2D eigenvalue weighted by molar-refractivity contribution is -0.132. The van der Waals surface area contributed by atoms with E-state index in [0.29, 0.717) is 13.1 Å². The van der Waals surface area contributed by atoms with E-state index in [9.17, 15) is 9.59 Å². The maximum atomic E-state index is 11.7. The van der Waals surface area contributed by atoms with Gasteiger partial charge >= 0.3 is 5.97 Å². The van der Waals surface area contributed by atoms with Crippen molar-refractivity contribution in [3.63, 3.8) is 0 Å². The molecule has 0 aromatic heterocycles. The molecule has 98 valence electrons. The van der Waals surface area contributed by atoms with E-state index in [4.69, 9.17) is 5.11 Å². The summed E-state index contributed by atoms with van der Waals surface area (Å²) in [6.07, 6.45) is 4.78. The van der Waals surface area contributed by atoms with Crippen molar-refractivity contribution in [1.29, 1.82) is 0 Å². The van der Waals surface area contributed by atoms with E-state index in [1.807, 2.05) is 36.4 Å². The fourth-order valence-electron chi connectivity index (χ4n) is 2.03. The molecule has 0 atom stereocenters. The molecule has 0 fully saturated rings. The molecule has 1 aromatic rings. The highest BCUT2D eigenvalue weighted by molar-refractivity contribution is 5.94. The average Bonchev–Trinajstić information content (AvgIpc) is 2.46. The minimum Gasteiger partial charge on any atom is -0.478 e. The monoisotopic (exact) mass is 257 g/mol. The zero-order chi connectivity index (χ0) is 13.7. The molecule has 0 radical (unpaired) electrons. The molecular formula is C15H15NO3. The first-order valence-corrected chi connectivity index (χ1v) is 6.11. The van der Waals surface area contributed by atoms with Crippen molar-refractivity contribution in [3.8, 4) is 0 Å². The van der Waals surface area contributed by atoms with Crippen LogP contribution in [0.3, 0.4) is 0 Å². The third-order valence-electron chi connectivity index (χ3n) is 3.03. The van der Waals surface area contributed by atoms with Crippen LogP contribution in [-0.2, 0) is 9.59 Å². The van der Waals surface area contributed by atoms with Crippen LogP contribution < -0.4 is 0 Å². The van der Waals surface area contributed by atoms with E-state index >= 15 is 0 Å². The molecule has 0 aliphatic carbocycles. The van der Waals surface area contributed by atoms with Gasteiger partial charge in [0.05, 0.1) is 0 Å². The Morgan fingerprint density at radius 2 is 1.89 bits per heavy atom. The molecule has 1 aliphatic heterocycles. The lowest BCUT2D eigenvalue weighted by atomic mass is 9.99. The molecule has 0 bridgehead atoms. The van der Waals surface area contributed by atoms with Gasteiger partial charge < -0.3 is 10.0 Å². The van der Waals surface area contributed by atoms with Crippen molar-refractivity contribution in [2.75, 3.05) is 13.1 Å². The van der Waals surface area contributed by atoms with Crippen LogP contribution in [0.1, 0.15) is 12.0 Å². The van der Waals surface area contributed by atoms with Crippen LogP contribution >= 0.6 is 0 Å². The highest BCUT2D eigenvalue weighted by Crippen LogP contribution is 2.21. The lowest BCUT2D eigenvalue weighted by Crippen LogP contribution is -2.33. The smallest absolute Gasteiger partial charge is 0.328 e. The summed E-state index contributed by atoms with van der Waals surface area (Å²) in [6, 6.07) is 10.0. The predicted octanol–water partition coefficient (Wildman–Crippen LogP) is 1.94. The summed E-state index contributed by atoms with van der Waals surface area (Å²) >= 11 is 0. The Morgan fingerprint density at radius 1 is 1.16 bits per heavy atom. The van der Waals surface area contributed by atoms with Crippen LogP contribution in [0.5, 0.6) is 0 Å². The Hall–Kier alpha value is -2.36. The van der Waals surface area contributed by atoms with Crippen molar-refractivity contribution in [1.82, 2.24) is 4.90 Å². The number of hydrogen-bond donors (Lipinski definition) is 1. The normalized spacial score (nSPS) is 15.4. The van der Waals surface area contributed by atoms with Gasteiger partial charge in [-0.25, -0.2) is 4.79 Å². The van der Waals surface area contributed by atoms with Gasteiger partial charge in [-0.05, 0) is 17.6 Å². The molecule has 1 aliphatic rings. The summed E-state index contributed by atoms with van der Waals surface area (Å²) < 4.78 is 0. The molecule has 1 amide bonds. The zero-order valence-electron chi connectivity index (χ0n) is 10.5. The minimum atomic E-state index is -1.11. The molecular weight excluding hydrogens is 242 g/mol. The second-order valence-corrected chi connectivity index (χ2v) is 4.30. The van der Waals surface area contributed by atoms with Crippen molar-refractivity contribution >= 4 is 17.4 Å². The summed E-state index contributed by atoms with van der Waals surface area (Å²) in [4.78, 5) is 23.7. The largest absolute Gasteiger partial charge is 0.478 e. The van der Waals surface area contributed by atoms with Gasteiger partial charge in [0.15, 0.2) is 0 Å². The highest BCUT2D eigenvalue weighted by atomic mass is 16.4. The van der Waals surface area contributed by atoms with Crippen LogP contribution in [-0.4, -0.2) is 35.0 Å². The van der Waals surface area contributed by atoms with Gasteiger partial charge in [-0.1, -0.05) is 36.4 Å². The Kier molecular flexibility index (Phi) is 4.13. The minimum absolute atomic E-state index is 0.259. The van der Waals surface area contributed by atoms with E-state index in [1.54, 1.807) is 4.90 Å². The fourth-order valence-corrected chi connectivity index (χ4v) is 2.03. The van der Waals surface area contributed by atoms with Crippen molar-refractivity contribution < 1.29 is 14.7 Å². The molecule has 4 nitrogen and oxygen atoms in total. The molecule has 0 spiro atoms. The molecule has 2 rings (SSSR count). The number of amides is 1. The van der Waals surface area contributed by atoms with E-state index in [0.717, 1.165) is 18.6 Å². The second kappa shape index (κ2) is 6.00. The lowest BCUT2D eigenvalue weighted by Gasteiger charge is -2.25. The first-order valence-electron chi connectivity index (χ1n) is 6.11. The number of nitrogens with zero attached hydrogens (tertiary/aromatic N) is 1. The van der Waals surface area contributed by atoms with Gasteiger partial charge in [-0.2, -0.15) is 0 Å². The number of benzene rings is 1. The van der Waals surface area contributed by atoms with Crippen LogP contribution in [0.2, 0.25) is 0 Å². The molecule has 1 N–H and O–H groups in total. The molecule has 0 saturated carbocycles. The molecule has 19 heavy (non-hydrogen) atoms. The van der Waals surface area contributed by atoms with Gasteiger partial charge in [-0.15, -0.1) is 0 Å². The third-order valence-corrected chi connectivity index (χ3v) is 3.03. The first-order chi connectivity index (χ1) is 9.16. The van der Waals surface area contributed by atoms with Crippen molar-refractivity contribution in [2.45, 2.75) is 6.42 Å². The summed E-state index contributed by atoms with van der Waals surface area (Å²) in [6.45, 7) is 1.14. The highest BCUT2D eigenvalue weighted by Gasteiger charge is 2.15. The van der Waals surface area contributed by atoms with Gasteiger partial charge in [0, 0.05) is 25.2 Å². The van der Waals surface area contributed by atoms with E-state index in [2.05, 4.69) is 0 Å². The Balaban J connectivity index is 2.00. The van der Waals surface area contributed by atoms with E-state index in [-0.39, 0.29) is 5.91 Å². The van der Waals surface area contributed by atoms with Gasteiger partial charge in [0.2, 0.25) is 5.91 Å². The van der Waals surface area contributed by atoms with Gasteiger partial charge in [-0.3, -0.25) is 4.79 Å². The predicted molar refractivity (Wildman–Crippen MR) is 72.4 cm³/mol. The second-order valence-electron chi connectivity index (χ2n) is 4.30. The fraction of sp³-hybridized carbons (Fsp3) is 0.200.